The molecule has 18 heavy (non-hydrogen) atoms. The van der Waals surface area contributed by atoms with Crippen LogP contribution in [0, 0.1) is 0 Å². The second kappa shape index (κ2) is 6.68. The summed E-state index contributed by atoms with van der Waals surface area (Å²) in [6.45, 7) is 0. The van der Waals surface area contributed by atoms with Crippen molar-refractivity contribution in [1.29, 1.82) is 0 Å². The number of hydrogen-bond donors (Lipinski definition) is 2. The van der Waals surface area contributed by atoms with Gasteiger partial charge in [-0.1, -0.05) is 25.7 Å². The zero-order valence-corrected chi connectivity index (χ0v) is 12.7. The molecule has 0 aromatic carbocycles. The molecule has 1 aromatic rings. The SMILES string of the molecule is NC(=O)C(NC1CCCCCC1)c1sccc1Br. The average molecular weight is 331 g/mol. The van der Waals surface area contributed by atoms with E-state index in [1.807, 2.05) is 11.4 Å². The summed E-state index contributed by atoms with van der Waals surface area (Å²) in [5.41, 5.74) is 5.54. The maximum Gasteiger partial charge on any atom is 0.240 e. The van der Waals surface area contributed by atoms with Gasteiger partial charge in [-0.15, -0.1) is 11.3 Å². The molecule has 1 aromatic heterocycles. The van der Waals surface area contributed by atoms with Gasteiger partial charge in [-0.2, -0.15) is 0 Å². The monoisotopic (exact) mass is 330 g/mol. The number of amides is 1. The van der Waals surface area contributed by atoms with Gasteiger partial charge in [-0.05, 0) is 40.2 Å². The van der Waals surface area contributed by atoms with E-state index in [0.717, 1.165) is 22.2 Å². The van der Waals surface area contributed by atoms with Crippen molar-refractivity contribution in [2.75, 3.05) is 0 Å². The Labute approximate surface area is 120 Å². The van der Waals surface area contributed by atoms with Crippen molar-refractivity contribution >= 4 is 33.2 Å². The van der Waals surface area contributed by atoms with Crippen molar-refractivity contribution in [3.63, 3.8) is 0 Å². The topological polar surface area (TPSA) is 55.1 Å². The van der Waals surface area contributed by atoms with Crippen LogP contribution in [0.1, 0.15) is 49.4 Å². The fourth-order valence-electron chi connectivity index (χ4n) is 2.48. The summed E-state index contributed by atoms with van der Waals surface area (Å²) < 4.78 is 0.970. The summed E-state index contributed by atoms with van der Waals surface area (Å²) in [7, 11) is 0. The molecule has 1 heterocycles. The van der Waals surface area contributed by atoms with Gasteiger partial charge in [0.05, 0.1) is 0 Å². The molecule has 0 aliphatic heterocycles. The van der Waals surface area contributed by atoms with Crippen molar-refractivity contribution in [3.8, 4) is 0 Å². The Morgan fingerprint density at radius 2 is 2.06 bits per heavy atom. The third kappa shape index (κ3) is 3.56. The molecule has 1 atom stereocenters. The Balaban J connectivity index is 2.06. The maximum atomic E-state index is 11.7. The van der Waals surface area contributed by atoms with Gasteiger partial charge in [0.15, 0.2) is 0 Å². The van der Waals surface area contributed by atoms with Gasteiger partial charge in [0, 0.05) is 15.4 Å². The summed E-state index contributed by atoms with van der Waals surface area (Å²) in [6.07, 6.45) is 7.40. The fraction of sp³-hybridized carbons (Fsp3) is 0.615. The minimum Gasteiger partial charge on any atom is -0.368 e. The lowest BCUT2D eigenvalue weighted by Gasteiger charge is -2.22. The van der Waals surface area contributed by atoms with E-state index in [-0.39, 0.29) is 11.9 Å². The molecule has 1 aliphatic carbocycles. The van der Waals surface area contributed by atoms with Crippen LogP contribution in [-0.2, 0) is 4.79 Å². The minimum atomic E-state index is -0.359. The zero-order chi connectivity index (χ0) is 13.0. The van der Waals surface area contributed by atoms with Crippen LogP contribution in [0.5, 0.6) is 0 Å². The summed E-state index contributed by atoms with van der Waals surface area (Å²) in [5, 5.41) is 5.42. The number of rotatable bonds is 4. The van der Waals surface area contributed by atoms with Crippen LogP contribution in [0.2, 0.25) is 0 Å². The Morgan fingerprint density at radius 3 is 2.56 bits per heavy atom. The van der Waals surface area contributed by atoms with Gasteiger partial charge in [0.1, 0.15) is 6.04 Å². The first-order chi connectivity index (χ1) is 8.68. The van der Waals surface area contributed by atoms with Gasteiger partial charge < -0.3 is 5.73 Å². The summed E-state index contributed by atoms with van der Waals surface area (Å²) >= 11 is 5.05. The molecule has 0 saturated heterocycles. The number of nitrogens with two attached hydrogens (primary N) is 1. The van der Waals surface area contributed by atoms with Crippen LogP contribution >= 0.6 is 27.3 Å². The normalized spacial score (nSPS) is 19.4. The molecule has 0 radical (unpaired) electrons. The fourth-order valence-corrected chi connectivity index (χ4v) is 4.15. The standard InChI is InChI=1S/C13H19BrN2OS/c14-10-7-8-18-12(10)11(13(15)17)16-9-5-3-1-2-4-6-9/h7-9,11,16H,1-6H2,(H2,15,17). The van der Waals surface area contributed by atoms with Crippen molar-refractivity contribution in [3.05, 3.63) is 20.8 Å². The molecule has 1 aliphatic rings. The molecule has 3 nitrogen and oxygen atoms in total. The van der Waals surface area contributed by atoms with Crippen molar-refractivity contribution in [1.82, 2.24) is 5.32 Å². The predicted octanol–water partition coefficient (Wildman–Crippen LogP) is 3.35. The van der Waals surface area contributed by atoms with E-state index in [9.17, 15) is 4.79 Å². The average Bonchev–Trinajstić information content (AvgIpc) is 2.62. The number of hydrogen-bond acceptors (Lipinski definition) is 3. The number of nitrogens with one attached hydrogen (secondary N) is 1. The lowest BCUT2D eigenvalue weighted by molar-refractivity contribution is -0.120. The minimum absolute atomic E-state index is 0.289. The Morgan fingerprint density at radius 1 is 1.39 bits per heavy atom. The quantitative estimate of drug-likeness (QED) is 0.832. The van der Waals surface area contributed by atoms with Crippen molar-refractivity contribution in [2.45, 2.75) is 50.6 Å². The molecule has 1 fully saturated rings. The van der Waals surface area contributed by atoms with Crippen LogP contribution in [0.25, 0.3) is 0 Å². The molecule has 0 bridgehead atoms. The van der Waals surface area contributed by atoms with E-state index >= 15 is 0 Å². The number of primary amides is 1. The second-order valence-electron chi connectivity index (χ2n) is 4.82. The first-order valence-corrected chi connectivity index (χ1v) is 8.14. The van der Waals surface area contributed by atoms with Crippen molar-refractivity contribution < 1.29 is 4.79 Å². The van der Waals surface area contributed by atoms with E-state index in [2.05, 4.69) is 21.2 Å². The van der Waals surface area contributed by atoms with Gasteiger partial charge in [-0.3, -0.25) is 10.1 Å². The molecule has 1 saturated carbocycles. The lowest BCUT2D eigenvalue weighted by atomic mass is 10.1. The Hall–Kier alpha value is -0.390. The lowest BCUT2D eigenvalue weighted by Crippen LogP contribution is -2.39. The molecule has 1 unspecified atom stereocenters. The van der Waals surface area contributed by atoms with Crippen LogP contribution in [-0.4, -0.2) is 11.9 Å². The highest BCUT2D eigenvalue weighted by Gasteiger charge is 2.25. The third-order valence-corrected chi connectivity index (χ3v) is 5.38. The number of halogens is 1. The van der Waals surface area contributed by atoms with Crippen molar-refractivity contribution in [2.24, 2.45) is 5.73 Å². The Kier molecular flexibility index (Phi) is 5.21. The van der Waals surface area contributed by atoms with E-state index in [0.29, 0.717) is 6.04 Å². The first kappa shape index (κ1) is 14.0. The third-order valence-electron chi connectivity index (χ3n) is 3.45. The van der Waals surface area contributed by atoms with Gasteiger partial charge in [0.25, 0.3) is 0 Å². The summed E-state index contributed by atoms with van der Waals surface area (Å²) in [4.78, 5) is 12.6. The van der Waals surface area contributed by atoms with E-state index < -0.39 is 0 Å². The second-order valence-corrected chi connectivity index (χ2v) is 6.63. The van der Waals surface area contributed by atoms with Gasteiger partial charge >= 0.3 is 0 Å². The zero-order valence-electron chi connectivity index (χ0n) is 10.3. The summed E-state index contributed by atoms with van der Waals surface area (Å²) in [6, 6.07) is 2.02. The van der Waals surface area contributed by atoms with Gasteiger partial charge in [0.2, 0.25) is 5.91 Å². The predicted molar refractivity (Wildman–Crippen MR) is 78.6 cm³/mol. The van der Waals surface area contributed by atoms with Gasteiger partial charge in [-0.25, -0.2) is 0 Å². The van der Waals surface area contributed by atoms with E-state index in [4.69, 9.17) is 5.73 Å². The number of thiophene rings is 1. The molecule has 100 valence electrons. The number of carbonyl (C=O) groups excluding carboxylic acids is 1. The number of carbonyl (C=O) groups is 1. The highest BCUT2D eigenvalue weighted by Crippen LogP contribution is 2.30. The molecule has 2 rings (SSSR count). The maximum absolute atomic E-state index is 11.7. The first-order valence-electron chi connectivity index (χ1n) is 6.46. The molecular formula is C13H19BrN2OS. The van der Waals surface area contributed by atoms with Crippen LogP contribution < -0.4 is 11.1 Å². The highest BCUT2D eigenvalue weighted by atomic mass is 79.9. The van der Waals surface area contributed by atoms with Crippen LogP contribution in [0.15, 0.2) is 15.9 Å². The van der Waals surface area contributed by atoms with E-state index in [1.165, 1.54) is 25.7 Å². The molecule has 0 spiro atoms. The smallest absolute Gasteiger partial charge is 0.240 e. The summed E-state index contributed by atoms with van der Waals surface area (Å²) in [5.74, 6) is -0.289. The Bertz CT molecular complexity index is 399. The van der Waals surface area contributed by atoms with Crippen LogP contribution in [0.3, 0.4) is 0 Å². The molecule has 5 heteroatoms. The highest BCUT2D eigenvalue weighted by molar-refractivity contribution is 9.10. The molecule has 3 N–H and O–H groups in total. The van der Waals surface area contributed by atoms with Crippen LogP contribution in [0.4, 0.5) is 0 Å². The largest absolute Gasteiger partial charge is 0.368 e. The van der Waals surface area contributed by atoms with E-state index in [1.54, 1.807) is 11.3 Å². The molecular weight excluding hydrogens is 312 g/mol. The molecule has 1 amide bonds.